The Hall–Kier alpha value is -4.22. The Balaban J connectivity index is 1.45. The van der Waals surface area contributed by atoms with E-state index in [0.717, 1.165) is 20.8 Å². The van der Waals surface area contributed by atoms with E-state index in [0.29, 0.717) is 22.8 Å². The van der Waals surface area contributed by atoms with Crippen molar-refractivity contribution in [1.29, 1.82) is 0 Å². The Morgan fingerprint density at radius 1 is 1.00 bits per heavy atom. The lowest BCUT2D eigenvalue weighted by molar-refractivity contribution is -0.124. The standard InChI is InChI=1S/C27H28N6O4S/c1-27(2,3)23-15-24(30-26(35)29-22-13-7-10-19-9-4-5-12-21(19)22)33(31-23)20-11-6-8-18(14-20)17-32-25(34)16-28-38(32,36)37/h4-15,28H,16-17H2,1-3H3,(H2,29,30,35). The van der Waals surface area contributed by atoms with Gasteiger partial charge >= 0.3 is 16.2 Å². The number of anilines is 2. The van der Waals surface area contributed by atoms with Crippen molar-refractivity contribution in [3.05, 3.63) is 84.1 Å². The first-order valence-electron chi connectivity index (χ1n) is 12.1. The van der Waals surface area contributed by atoms with Crippen LogP contribution in [0.15, 0.2) is 72.8 Å². The van der Waals surface area contributed by atoms with Crippen molar-refractivity contribution in [2.75, 3.05) is 17.2 Å². The number of amides is 3. The van der Waals surface area contributed by atoms with Crippen molar-refractivity contribution >= 4 is 44.4 Å². The van der Waals surface area contributed by atoms with Gasteiger partial charge in [0, 0.05) is 16.9 Å². The third-order valence-corrected chi connectivity index (χ3v) is 7.63. The summed E-state index contributed by atoms with van der Waals surface area (Å²) in [6, 6.07) is 21.9. The van der Waals surface area contributed by atoms with Gasteiger partial charge in [0.2, 0.25) is 0 Å². The van der Waals surface area contributed by atoms with Gasteiger partial charge in [0.1, 0.15) is 5.82 Å². The van der Waals surface area contributed by atoms with E-state index in [4.69, 9.17) is 5.10 Å². The van der Waals surface area contributed by atoms with Crippen LogP contribution in [0.2, 0.25) is 0 Å². The molecule has 1 fully saturated rings. The van der Waals surface area contributed by atoms with Crippen LogP contribution < -0.4 is 15.4 Å². The molecule has 3 aromatic carbocycles. The Kier molecular flexibility index (Phi) is 6.41. The van der Waals surface area contributed by atoms with Crippen LogP contribution in [0.5, 0.6) is 0 Å². The molecule has 1 aliphatic rings. The minimum absolute atomic E-state index is 0.111. The van der Waals surface area contributed by atoms with Crippen LogP contribution >= 0.6 is 0 Å². The van der Waals surface area contributed by atoms with Gasteiger partial charge < -0.3 is 5.32 Å². The summed E-state index contributed by atoms with van der Waals surface area (Å²) in [5.74, 6) is -0.0756. The van der Waals surface area contributed by atoms with Gasteiger partial charge in [-0.25, -0.2) is 13.8 Å². The summed E-state index contributed by atoms with van der Waals surface area (Å²) in [6.45, 7) is 5.70. The van der Waals surface area contributed by atoms with Gasteiger partial charge in [-0.05, 0) is 29.1 Å². The number of hydrogen-bond donors (Lipinski definition) is 3. The summed E-state index contributed by atoms with van der Waals surface area (Å²) < 4.78 is 29.0. The number of hydrogen-bond acceptors (Lipinski definition) is 5. The van der Waals surface area contributed by atoms with Crippen LogP contribution in [0.25, 0.3) is 16.5 Å². The molecule has 11 heteroatoms. The van der Waals surface area contributed by atoms with E-state index in [-0.39, 0.29) is 18.5 Å². The van der Waals surface area contributed by atoms with E-state index in [1.807, 2.05) is 69.3 Å². The second-order valence-electron chi connectivity index (χ2n) is 10.1. The van der Waals surface area contributed by atoms with E-state index < -0.39 is 22.1 Å². The summed E-state index contributed by atoms with van der Waals surface area (Å²) in [5, 5.41) is 12.5. The summed E-state index contributed by atoms with van der Waals surface area (Å²) in [4.78, 5) is 25.2. The van der Waals surface area contributed by atoms with Crippen LogP contribution in [0.3, 0.4) is 0 Å². The van der Waals surface area contributed by atoms with Crippen molar-refractivity contribution < 1.29 is 18.0 Å². The van der Waals surface area contributed by atoms with Crippen molar-refractivity contribution in [1.82, 2.24) is 18.8 Å². The Bertz CT molecular complexity index is 1650. The molecule has 1 aromatic heterocycles. The molecule has 0 atom stereocenters. The molecule has 4 aromatic rings. The van der Waals surface area contributed by atoms with Gasteiger partial charge in [-0.1, -0.05) is 69.3 Å². The minimum atomic E-state index is -3.85. The fraction of sp³-hybridized carbons (Fsp3) is 0.222. The number of nitrogens with one attached hydrogen (secondary N) is 3. The maximum atomic E-state index is 13.1. The van der Waals surface area contributed by atoms with Crippen LogP contribution in [-0.4, -0.2) is 41.0 Å². The second kappa shape index (κ2) is 9.58. The van der Waals surface area contributed by atoms with Crippen molar-refractivity contribution in [3.8, 4) is 5.69 Å². The third-order valence-electron chi connectivity index (χ3n) is 6.21. The zero-order valence-electron chi connectivity index (χ0n) is 21.2. The van der Waals surface area contributed by atoms with Crippen LogP contribution in [0, 0.1) is 0 Å². The molecule has 0 unspecified atom stereocenters. The number of benzene rings is 3. The lowest BCUT2D eigenvalue weighted by Gasteiger charge is -2.16. The molecule has 3 N–H and O–H groups in total. The normalized spacial score (nSPS) is 15.1. The highest BCUT2D eigenvalue weighted by atomic mass is 32.2. The lowest BCUT2D eigenvalue weighted by Crippen LogP contribution is -2.31. The molecular weight excluding hydrogens is 504 g/mol. The Morgan fingerprint density at radius 2 is 1.74 bits per heavy atom. The van der Waals surface area contributed by atoms with Gasteiger partial charge in [0.05, 0.1) is 30.2 Å². The van der Waals surface area contributed by atoms with E-state index in [9.17, 15) is 18.0 Å². The average molecular weight is 533 g/mol. The number of nitrogens with zero attached hydrogens (tertiary/aromatic N) is 3. The lowest BCUT2D eigenvalue weighted by atomic mass is 9.92. The van der Waals surface area contributed by atoms with Gasteiger partial charge in [-0.15, -0.1) is 0 Å². The summed E-state index contributed by atoms with van der Waals surface area (Å²) in [5.41, 5.74) is 2.34. The maximum absolute atomic E-state index is 13.1. The van der Waals surface area contributed by atoms with E-state index in [1.54, 1.807) is 28.9 Å². The third kappa shape index (κ3) is 5.11. The van der Waals surface area contributed by atoms with Gasteiger partial charge in [0.15, 0.2) is 0 Å². The number of rotatable bonds is 5. The molecule has 0 aliphatic carbocycles. The summed E-state index contributed by atoms with van der Waals surface area (Å²) >= 11 is 0. The molecule has 10 nitrogen and oxygen atoms in total. The van der Waals surface area contributed by atoms with E-state index >= 15 is 0 Å². The fourth-order valence-corrected chi connectivity index (χ4v) is 5.33. The summed E-state index contributed by atoms with van der Waals surface area (Å²) in [6.07, 6.45) is 0. The van der Waals surface area contributed by atoms with Gasteiger partial charge in [0.25, 0.3) is 5.91 Å². The minimum Gasteiger partial charge on any atom is -0.307 e. The molecule has 0 saturated carbocycles. The molecular formula is C27H28N6O4S. The second-order valence-corrected chi connectivity index (χ2v) is 11.8. The number of fused-ring (bicyclic) bond motifs is 1. The van der Waals surface area contributed by atoms with Gasteiger partial charge in [-0.2, -0.15) is 18.2 Å². The largest absolute Gasteiger partial charge is 0.324 e. The topological polar surface area (TPSA) is 125 Å². The highest BCUT2D eigenvalue weighted by Crippen LogP contribution is 2.28. The molecule has 1 saturated heterocycles. The van der Waals surface area contributed by atoms with Crippen LogP contribution in [-0.2, 0) is 27.0 Å². The van der Waals surface area contributed by atoms with E-state index in [2.05, 4.69) is 15.4 Å². The van der Waals surface area contributed by atoms with E-state index in [1.165, 1.54) is 0 Å². The molecule has 2 heterocycles. The molecule has 38 heavy (non-hydrogen) atoms. The highest BCUT2D eigenvalue weighted by molar-refractivity contribution is 7.88. The van der Waals surface area contributed by atoms with Crippen LogP contribution in [0.1, 0.15) is 32.0 Å². The zero-order chi connectivity index (χ0) is 27.1. The molecule has 1 aliphatic heterocycles. The Morgan fingerprint density at radius 3 is 2.47 bits per heavy atom. The highest BCUT2D eigenvalue weighted by Gasteiger charge is 2.34. The quantitative estimate of drug-likeness (QED) is 0.356. The molecule has 196 valence electrons. The first kappa shape index (κ1) is 25.4. The van der Waals surface area contributed by atoms with Crippen molar-refractivity contribution in [2.24, 2.45) is 0 Å². The number of carbonyl (C=O) groups excluding carboxylic acids is 2. The number of aromatic nitrogens is 2. The SMILES string of the molecule is CC(C)(C)c1cc(NC(=O)Nc2cccc3ccccc23)n(-c2cccc(CN3C(=O)CNS3(=O)=O)c2)n1. The van der Waals surface area contributed by atoms with Gasteiger partial charge in [-0.3, -0.25) is 10.1 Å². The maximum Gasteiger partial charge on any atom is 0.324 e. The van der Waals surface area contributed by atoms with Crippen molar-refractivity contribution in [3.63, 3.8) is 0 Å². The molecule has 5 rings (SSSR count). The molecule has 3 amide bonds. The zero-order valence-corrected chi connectivity index (χ0v) is 22.0. The predicted octanol–water partition coefficient (Wildman–Crippen LogP) is 4.14. The number of urea groups is 1. The Labute approximate surface area is 220 Å². The first-order valence-corrected chi connectivity index (χ1v) is 13.5. The number of carbonyl (C=O) groups is 2. The van der Waals surface area contributed by atoms with Crippen LogP contribution in [0.4, 0.5) is 16.3 Å². The first-order chi connectivity index (χ1) is 18.0. The fourth-order valence-electron chi connectivity index (χ4n) is 4.22. The monoisotopic (exact) mass is 532 g/mol. The molecule has 0 spiro atoms. The molecule has 0 radical (unpaired) electrons. The smallest absolute Gasteiger partial charge is 0.307 e. The molecule has 0 bridgehead atoms. The average Bonchev–Trinajstić information content (AvgIpc) is 3.41. The van der Waals surface area contributed by atoms with Crippen molar-refractivity contribution in [2.45, 2.75) is 32.7 Å². The summed E-state index contributed by atoms with van der Waals surface area (Å²) in [7, 11) is -3.85. The predicted molar refractivity (Wildman–Crippen MR) is 146 cm³/mol.